The Hall–Kier alpha value is -2.85. The summed E-state index contributed by atoms with van der Waals surface area (Å²) in [5.74, 6) is -1.93. The van der Waals surface area contributed by atoms with Gasteiger partial charge in [0.15, 0.2) is 0 Å². The molecule has 3 atom stereocenters. The quantitative estimate of drug-likeness (QED) is 0.0243. The predicted molar refractivity (Wildman–Crippen MR) is 216 cm³/mol. The number of nitrogens with two attached hydrogens (primary N) is 1. The van der Waals surface area contributed by atoms with Gasteiger partial charge in [-0.1, -0.05) is 137 Å². The fraction of sp³-hybridized carbons (Fsp3) is 0.619. The monoisotopic (exact) mass is 763 g/mol. The summed E-state index contributed by atoms with van der Waals surface area (Å²) in [6, 6.07) is -1.49. The molecule has 0 aliphatic heterocycles. The van der Waals surface area contributed by atoms with Crippen LogP contribution in [0.4, 0.5) is 0 Å². The normalized spacial score (nSPS) is 14.9. The van der Waals surface area contributed by atoms with Crippen LogP contribution in [0.15, 0.2) is 85.1 Å². The minimum absolute atomic E-state index is 0.0107. The number of carbonyl (C=O) groups excluding carboxylic acids is 1. The predicted octanol–water partition coefficient (Wildman–Crippen LogP) is 10.4. The van der Waals surface area contributed by atoms with Gasteiger partial charge in [0, 0.05) is 6.61 Å². The zero-order chi connectivity index (χ0) is 39.1. The number of carboxylic acids is 1. The van der Waals surface area contributed by atoms with Crippen LogP contribution >= 0.6 is 7.82 Å². The third-order valence-electron chi connectivity index (χ3n) is 7.69. The number of phosphoric acid groups is 1. The highest BCUT2D eigenvalue weighted by atomic mass is 31.2. The van der Waals surface area contributed by atoms with Crippen molar-refractivity contribution in [2.45, 2.75) is 142 Å². The molecule has 0 saturated heterocycles. The van der Waals surface area contributed by atoms with Crippen molar-refractivity contribution in [3.63, 3.8) is 0 Å². The molecule has 0 rings (SSSR count). The summed E-state index contributed by atoms with van der Waals surface area (Å²) >= 11 is 0. The van der Waals surface area contributed by atoms with E-state index in [0.717, 1.165) is 64.2 Å². The third-order valence-corrected chi connectivity index (χ3v) is 8.64. The SMILES string of the molecule is CC/C=C\C/C=C\C/C=C\C/C=C\C/C=C\CC(=O)OC(COCCCCCCCC/C=C\C/C=C\CCCCC)COP(=O)(O)OCC(N)C(=O)O. The second-order valence-corrected chi connectivity index (χ2v) is 14.1. The Kier molecular flexibility index (Phi) is 35.5. The van der Waals surface area contributed by atoms with Gasteiger partial charge in [-0.25, -0.2) is 4.57 Å². The minimum atomic E-state index is -4.64. The van der Waals surface area contributed by atoms with Gasteiger partial charge in [-0.15, -0.1) is 0 Å². The number of hydrogen-bond acceptors (Lipinski definition) is 8. The molecule has 11 heteroatoms. The Balaban J connectivity index is 4.47. The zero-order valence-electron chi connectivity index (χ0n) is 32.6. The molecule has 53 heavy (non-hydrogen) atoms. The summed E-state index contributed by atoms with van der Waals surface area (Å²) in [4.78, 5) is 33.4. The Labute approximate surface area is 320 Å². The fourth-order valence-corrected chi connectivity index (χ4v) is 5.43. The smallest absolute Gasteiger partial charge is 0.472 e. The molecule has 0 aromatic heterocycles. The van der Waals surface area contributed by atoms with E-state index in [2.05, 4.69) is 85.2 Å². The van der Waals surface area contributed by atoms with E-state index in [1.54, 1.807) is 6.08 Å². The average molecular weight is 764 g/mol. The molecular weight excluding hydrogens is 693 g/mol. The molecule has 0 bridgehead atoms. The maximum Gasteiger partial charge on any atom is 0.472 e. The number of hydrogen-bond donors (Lipinski definition) is 3. The lowest BCUT2D eigenvalue weighted by Crippen LogP contribution is -2.34. The van der Waals surface area contributed by atoms with Gasteiger partial charge < -0.3 is 25.2 Å². The first kappa shape index (κ1) is 50.1. The minimum Gasteiger partial charge on any atom is -0.480 e. The first-order valence-corrected chi connectivity index (χ1v) is 21.1. The highest BCUT2D eigenvalue weighted by molar-refractivity contribution is 7.47. The standard InChI is InChI=1S/C42H70NO9P/c1-3-5-7-9-11-13-15-17-19-21-23-25-27-29-31-33-35-49-36-39(37-50-53(47,48)51-38-40(43)42(45)46)52-41(44)34-32-30-28-26-24-22-20-18-16-14-12-10-8-6-4-2/h6,8,11-14,17-20,24,26,30,32,39-40H,3-5,7,9-10,15-16,21-23,25,27-29,31,33-38,43H2,1-2H3,(H,45,46)(H,47,48)/b8-6-,13-11-,14-12-,19-17-,20-18-,26-24-,32-30-. The molecule has 0 aromatic carbocycles. The second-order valence-electron chi connectivity index (χ2n) is 12.7. The van der Waals surface area contributed by atoms with E-state index >= 15 is 0 Å². The summed E-state index contributed by atoms with van der Waals surface area (Å²) < 4.78 is 33.1. The lowest BCUT2D eigenvalue weighted by atomic mass is 10.1. The number of rotatable bonds is 36. The highest BCUT2D eigenvalue weighted by Crippen LogP contribution is 2.43. The second kappa shape index (κ2) is 37.5. The van der Waals surface area contributed by atoms with Gasteiger partial charge in [0.25, 0.3) is 0 Å². The molecule has 0 aliphatic rings. The number of phosphoric ester groups is 1. The van der Waals surface area contributed by atoms with Crippen molar-refractivity contribution >= 4 is 19.8 Å². The van der Waals surface area contributed by atoms with Crippen LogP contribution in [0.2, 0.25) is 0 Å². The zero-order valence-corrected chi connectivity index (χ0v) is 33.5. The number of unbranched alkanes of at least 4 members (excludes halogenated alkanes) is 9. The highest BCUT2D eigenvalue weighted by Gasteiger charge is 2.27. The van der Waals surface area contributed by atoms with E-state index in [4.69, 9.17) is 24.8 Å². The molecule has 0 fully saturated rings. The molecular formula is C42H70NO9P. The van der Waals surface area contributed by atoms with Crippen LogP contribution < -0.4 is 5.73 Å². The summed E-state index contributed by atoms with van der Waals surface area (Å²) in [6.45, 7) is 3.56. The topological polar surface area (TPSA) is 155 Å². The molecule has 0 amide bonds. The van der Waals surface area contributed by atoms with E-state index in [-0.39, 0.29) is 13.0 Å². The van der Waals surface area contributed by atoms with Crippen molar-refractivity contribution in [1.82, 2.24) is 0 Å². The van der Waals surface area contributed by atoms with E-state index in [9.17, 15) is 19.0 Å². The van der Waals surface area contributed by atoms with Crippen molar-refractivity contribution in [2.24, 2.45) is 5.73 Å². The van der Waals surface area contributed by atoms with Crippen LogP contribution in [0.25, 0.3) is 0 Å². The van der Waals surface area contributed by atoms with Crippen LogP contribution in [0, 0.1) is 0 Å². The van der Waals surface area contributed by atoms with Gasteiger partial charge in [0.05, 0.1) is 26.2 Å². The van der Waals surface area contributed by atoms with Crippen LogP contribution in [0.5, 0.6) is 0 Å². The lowest BCUT2D eigenvalue weighted by molar-refractivity contribution is -0.153. The average Bonchev–Trinajstić information content (AvgIpc) is 3.13. The van der Waals surface area contributed by atoms with E-state index < -0.39 is 45.1 Å². The summed E-state index contributed by atoms with van der Waals surface area (Å²) in [7, 11) is -4.64. The van der Waals surface area contributed by atoms with E-state index in [1.807, 2.05) is 12.2 Å². The van der Waals surface area contributed by atoms with Crippen molar-refractivity contribution < 1.29 is 42.7 Å². The number of aliphatic carboxylic acids is 1. The number of allylic oxidation sites excluding steroid dienone is 13. The first-order valence-electron chi connectivity index (χ1n) is 19.6. The van der Waals surface area contributed by atoms with E-state index in [0.29, 0.717) is 13.0 Å². The molecule has 0 radical (unpaired) electrons. The largest absolute Gasteiger partial charge is 0.480 e. The maximum absolute atomic E-state index is 12.5. The van der Waals surface area contributed by atoms with Gasteiger partial charge in [0.2, 0.25) is 0 Å². The number of carbonyl (C=O) groups is 2. The van der Waals surface area contributed by atoms with Gasteiger partial charge in [-0.3, -0.25) is 18.6 Å². The molecule has 0 aromatic rings. The summed E-state index contributed by atoms with van der Waals surface area (Å²) in [5.41, 5.74) is 5.33. The van der Waals surface area contributed by atoms with Crippen molar-refractivity contribution in [3.05, 3.63) is 85.1 Å². The van der Waals surface area contributed by atoms with Gasteiger partial charge in [-0.2, -0.15) is 0 Å². The Bertz CT molecular complexity index is 1160. The van der Waals surface area contributed by atoms with Crippen molar-refractivity contribution in [3.8, 4) is 0 Å². The molecule has 0 aliphatic carbocycles. The Morgan fingerprint density at radius 1 is 0.623 bits per heavy atom. The molecule has 4 N–H and O–H groups in total. The van der Waals surface area contributed by atoms with E-state index in [1.165, 1.54) is 38.5 Å². The molecule has 302 valence electrons. The fourth-order valence-electron chi connectivity index (χ4n) is 4.65. The van der Waals surface area contributed by atoms with Crippen LogP contribution in [0.3, 0.4) is 0 Å². The number of carboxylic acid groups (broad SMARTS) is 1. The van der Waals surface area contributed by atoms with Gasteiger partial charge in [0.1, 0.15) is 12.1 Å². The van der Waals surface area contributed by atoms with Crippen LogP contribution in [-0.4, -0.2) is 60.5 Å². The molecule has 0 saturated carbocycles. The van der Waals surface area contributed by atoms with Crippen LogP contribution in [0.1, 0.15) is 129 Å². The molecule has 0 spiro atoms. The maximum atomic E-state index is 12.5. The van der Waals surface area contributed by atoms with Gasteiger partial charge >= 0.3 is 19.8 Å². The third kappa shape index (κ3) is 37.3. The number of esters is 1. The lowest BCUT2D eigenvalue weighted by Gasteiger charge is -2.20. The van der Waals surface area contributed by atoms with Crippen molar-refractivity contribution in [2.75, 3.05) is 26.4 Å². The molecule has 10 nitrogen and oxygen atoms in total. The summed E-state index contributed by atoms with van der Waals surface area (Å²) in [5, 5.41) is 8.87. The van der Waals surface area contributed by atoms with Gasteiger partial charge in [-0.05, 0) is 70.6 Å². The Morgan fingerprint density at radius 2 is 1.09 bits per heavy atom. The first-order chi connectivity index (χ1) is 25.7. The molecule has 3 unspecified atom stereocenters. The van der Waals surface area contributed by atoms with Crippen molar-refractivity contribution in [1.29, 1.82) is 0 Å². The molecule has 0 heterocycles. The van der Waals surface area contributed by atoms with Crippen LogP contribution in [-0.2, 0) is 32.7 Å². The Morgan fingerprint density at radius 3 is 1.64 bits per heavy atom. The number of ether oxygens (including phenoxy) is 2. The summed E-state index contributed by atoms with van der Waals surface area (Å²) in [6.07, 6.45) is 46.7.